The molecule has 2 atom stereocenters. The van der Waals surface area contributed by atoms with Crippen LogP contribution in [0.25, 0.3) is 0 Å². The molecular formula is C17H30O7. The summed E-state index contributed by atoms with van der Waals surface area (Å²) < 4.78 is 0. The molecule has 4 N–H and O–H groups in total. The van der Waals surface area contributed by atoms with Crippen LogP contribution in [0.4, 0.5) is 0 Å². The molecule has 0 aliphatic carbocycles. The van der Waals surface area contributed by atoms with Crippen molar-refractivity contribution < 1.29 is 34.8 Å². The molecule has 7 nitrogen and oxygen atoms in total. The van der Waals surface area contributed by atoms with E-state index in [0.717, 1.165) is 25.7 Å². The molecule has 0 saturated carbocycles. The third-order valence-electron chi connectivity index (χ3n) is 4.31. The van der Waals surface area contributed by atoms with Crippen LogP contribution in [0.1, 0.15) is 77.6 Å². The fourth-order valence-corrected chi connectivity index (χ4v) is 2.78. The van der Waals surface area contributed by atoms with Crippen molar-refractivity contribution >= 4 is 17.9 Å². The van der Waals surface area contributed by atoms with Gasteiger partial charge in [-0.15, -0.1) is 0 Å². The molecular weight excluding hydrogens is 316 g/mol. The summed E-state index contributed by atoms with van der Waals surface area (Å²) in [5.74, 6) is -5.87. The third kappa shape index (κ3) is 8.29. The van der Waals surface area contributed by atoms with Gasteiger partial charge in [0, 0.05) is 6.42 Å². The number of aliphatic carboxylic acids is 3. The van der Waals surface area contributed by atoms with Gasteiger partial charge in [0.2, 0.25) is 0 Å². The van der Waals surface area contributed by atoms with E-state index in [0.29, 0.717) is 6.42 Å². The summed E-state index contributed by atoms with van der Waals surface area (Å²) in [6.45, 7) is 2.14. The van der Waals surface area contributed by atoms with Gasteiger partial charge >= 0.3 is 17.9 Å². The van der Waals surface area contributed by atoms with E-state index in [1.807, 2.05) is 0 Å². The summed E-state index contributed by atoms with van der Waals surface area (Å²) in [7, 11) is 0. The smallest absolute Gasteiger partial charge is 0.336 e. The van der Waals surface area contributed by atoms with Crippen molar-refractivity contribution in [3.05, 3.63) is 0 Å². The molecule has 0 amide bonds. The summed E-state index contributed by atoms with van der Waals surface area (Å²) in [6, 6.07) is 0. The topological polar surface area (TPSA) is 132 Å². The zero-order valence-corrected chi connectivity index (χ0v) is 14.4. The summed E-state index contributed by atoms with van der Waals surface area (Å²) in [5, 5.41) is 37.3. The molecule has 0 unspecified atom stereocenters. The fraction of sp³-hybridized carbons (Fsp3) is 0.824. The Morgan fingerprint density at radius 1 is 0.875 bits per heavy atom. The lowest BCUT2D eigenvalue weighted by Gasteiger charge is -2.29. The maximum atomic E-state index is 11.4. The molecule has 0 radical (unpaired) electrons. The van der Waals surface area contributed by atoms with Gasteiger partial charge < -0.3 is 20.4 Å². The van der Waals surface area contributed by atoms with Crippen LogP contribution < -0.4 is 0 Å². The Morgan fingerprint density at radius 3 is 1.79 bits per heavy atom. The highest BCUT2D eigenvalue weighted by Gasteiger charge is 2.47. The first-order valence-corrected chi connectivity index (χ1v) is 8.66. The fourth-order valence-electron chi connectivity index (χ4n) is 2.78. The zero-order chi connectivity index (χ0) is 18.6. The second kappa shape index (κ2) is 11.8. The Hall–Kier alpha value is -1.63. The summed E-state index contributed by atoms with van der Waals surface area (Å²) >= 11 is 0. The highest BCUT2D eigenvalue weighted by molar-refractivity contribution is 5.86. The first-order chi connectivity index (χ1) is 11.3. The van der Waals surface area contributed by atoms with Gasteiger partial charge in [-0.2, -0.15) is 0 Å². The van der Waals surface area contributed by atoms with Crippen molar-refractivity contribution in [1.82, 2.24) is 0 Å². The Bertz CT molecular complexity index is 408. The van der Waals surface area contributed by atoms with Gasteiger partial charge in [-0.3, -0.25) is 9.59 Å². The molecule has 0 spiro atoms. The number of carbonyl (C=O) groups is 3. The van der Waals surface area contributed by atoms with Crippen molar-refractivity contribution in [1.29, 1.82) is 0 Å². The standard InChI is InChI=1S/C17H30O7/c1-2-3-4-5-6-7-8-9-10-13(15(20)21)17(24,16(22)23)12-11-14(18)19/h13,24H,2-12H2,1H3,(H,18,19)(H,20,21)(H,22,23)/t13-,17+/m0/s1. The van der Waals surface area contributed by atoms with Crippen molar-refractivity contribution in [2.45, 2.75) is 83.2 Å². The highest BCUT2D eigenvalue weighted by Crippen LogP contribution is 2.29. The number of hydrogen-bond donors (Lipinski definition) is 4. The van der Waals surface area contributed by atoms with Gasteiger partial charge in [0.05, 0.1) is 5.92 Å². The second-order valence-corrected chi connectivity index (χ2v) is 6.28. The van der Waals surface area contributed by atoms with Crippen LogP contribution in [0.3, 0.4) is 0 Å². The Balaban J connectivity index is 4.46. The molecule has 0 aliphatic rings. The average Bonchev–Trinajstić information content (AvgIpc) is 2.50. The Labute approximate surface area is 142 Å². The molecule has 0 aromatic carbocycles. The van der Waals surface area contributed by atoms with E-state index in [1.165, 1.54) is 19.3 Å². The lowest BCUT2D eigenvalue weighted by atomic mass is 9.80. The molecule has 0 heterocycles. The van der Waals surface area contributed by atoms with E-state index in [4.69, 9.17) is 5.11 Å². The highest BCUT2D eigenvalue weighted by atomic mass is 16.4. The van der Waals surface area contributed by atoms with Crippen molar-refractivity contribution in [3.63, 3.8) is 0 Å². The number of aliphatic hydroxyl groups is 1. The lowest BCUT2D eigenvalue weighted by molar-refractivity contribution is -0.176. The number of unbranched alkanes of at least 4 members (excludes halogenated alkanes) is 7. The van der Waals surface area contributed by atoms with Crippen LogP contribution in [0.2, 0.25) is 0 Å². The minimum absolute atomic E-state index is 0.0205. The minimum atomic E-state index is -2.55. The molecule has 7 heteroatoms. The average molecular weight is 346 g/mol. The van der Waals surface area contributed by atoms with Crippen LogP contribution in [0.5, 0.6) is 0 Å². The van der Waals surface area contributed by atoms with E-state index in [9.17, 15) is 29.7 Å². The lowest BCUT2D eigenvalue weighted by Crippen LogP contribution is -2.49. The van der Waals surface area contributed by atoms with Crippen LogP contribution in [-0.2, 0) is 14.4 Å². The Morgan fingerprint density at radius 2 is 1.38 bits per heavy atom. The Kier molecular flexibility index (Phi) is 11.0. The summed E-state index contributed by atoms with van der Waals surface area (Å²) in [4.78, 5) is 33.3. The van der Waals surface area contributed by atoms with Crippen LogP contribution in [0, 0.1) is 5.92 Å². The van der Waals surface area contributed by atoms with Gasteiger partial charge in [0.15, 0.2) is 5.60 Å². The van der Waals surface area contributed by atoms with Crippen molar-refractivity contribution in [3.8, 4) is 0 Å². The van der Waals surface area contributed by atoms with Gasteiger partial charge in [-0.05, 0) is 12.8 Å². The molecule has 0 aromatic heterocycles. The predicted octanol–water partition coefficient (Wildman–Crippen LogP) is 2.90. The van der Waals surface area contributed by atoms with Gasteiger partial charge in [0.25, 0.3) is 0 Å². The maximum absolute atomic E-state index is 11.4. The van der Waals surface area contributed by atoms with Crippen LogP contribution in [-0.4, -0.2) is 43.9 Å². The van der Waals surface area contributed by atoms with E-state index in [1.54, 1.807) is 0 Å². The summed E-state index contributed by atoms with van der Waals surface area (Å²) in [6.07, 6.45) is 6.76. The molecule has 0 aliphatic heterocycles. The van der Waals surface area contributed by atoms with E-state index >= 15 is 0 Å². The molecule has 0 saturated heterocycles. The van der Waals surface area contributed by atoms with Gasteiger partial charge in [-0.1, -0.05) is 58.3 Å². The third-order valence-corrected chi connectivity index (χ3v) is 4.31. The monoisotopic (exact) mass is 346 g/mol. The molecule has 0 fully saturated rings. The van der Waals surface area contributed by atoms with Crippen LogP contribution in [0.15, 0.2) is 0 Å². The number of hydrogen-bond acceptors (Lipinski definition) is 4. The maximum Gasteiger partial charge on any atom is 0.336 e. The molecule has 0 bridgehead atoms. The SMILES string of the molecule is CCCCCCCCCC[C@@H](C(=O)O)[C@](O)(CCC(=O)O)C(=O)O. The van der Waals surface area contributed by atoms with Crippen molar-refractivity contribution in [2.24, 2.45) is 5.92 Å². The molecule has 24 heavy (non-hydrogen) atoms. The second-order valence-electron chi connectivity index (χ2n) is 6.28. The largest absolute Gasteiger partial charge is 0.481 e. The number of carboxylic acid groups (broad SMARTS) is 3. The first-order valence-electron chi connectivity index (χ1n) is 8.66. The predicted molar refractivity (Wildman–Crippen MR) is 87.8 cm³/mol. The van der Waals surface area contributed by atoms with E-state index in [2.05, 4.69) is 6.92 Å². The number of carboxylic acids is 3. The van der Waals surface area contributed by atoms with Crippen LogP contribution >= 0.6 is 0 Å². The normalized spacial score (nSPS) is 14.8. The van der Waals surface area contributed by atoms with Gasteiger partial charge in [-0.25, -0.2) is 4.79 Å². The number of rotatable bonds is 15. The van der Waals surface area contributed by atoms with Gasteiger partial charge in [0.1, 0.15) is 0 Å². The summed E-state index contributed by atoms with van der Waals surface area (Å²) in [5.41, 5.74) is -2.55. The first kappa shape index (κ1) is 22.4. The molecule has 140 valence electrons. The minimum Gasteiger partial charge on any atom is -0.481 e. The van der Waals surface area contributed by atoms with Crippen molar-refractivity contribution in [2.75, 3.05) is 0 Å². The zero-order valence-electron chi connectivity index (χ0n) is 14.4. The quantitative estimate of drug-likeness (QED) is 0.335. The molecule has 0 rings (SSSR count). The van der Waals surface area contributed by atoms with E-state index in [-0.39, 0.29) is 6.42 Å². The molecule has 0 aromatic rings. The van der Waals surface area contributed by atoms with E-state index < -0.39 is 42.3 Å².